The number of fused-ring (bicyclic) bond motifs is 1. The Kier molecular flexibility index (Phi) is 3.51. The first kappa shape index (κ1) is 13.8. The Bertz CT molecular complexity index is 904. The molecule has 21 heavy (non-hydrogen) atoms. The molecule has 0 fully saturated rings. The Morgan fingerprint density at radius 1 is 1.14 bits per heavy atom. The molecule has 0 amide bonds. The normalized spacial score (nSPS) is 11.1. The zero-order valence-electron chi connectivity index (χ0n) is 12.0. The summed E-state index contributed by atoms with van der Waals surface area (Å²) in [7, 11) is 0. The number of aromatic nitrogens is 2. The molecule has 1 N–H and O–H groups in total. The Morgan fingerprint density at radius 3 is 2.57 bits per heavy atom. The molecule has 3 rings (SSSR count). The molecule has 0 spiro atoms. The third-order valence-corrected chi connectivity index (χ3v) is 4.90. The van der Waals surface area contributed by atoms with Gasteiger partial charge in [0.05, 0.1) is 5.39 Å². The van der Waals surface area contributed by atoms with Crippen molar-refractivity contribution in [2.45, 2.75) is 26.8 Å². The van der Waals surface area contributed by atoms with Gasteiger partial charge >= 0.3 is 5.69 Å². The molecule has 0 aliphatic heterocycles. The number of aromatic amines is 1. The van der Waals surface area contributed by atoms with E-state index in [0.29, 0.717) is 23.2 Å². The first-order valence-corrected chi connectivity index (χ1v) is 7.66. The van der Waals surface area contributed by atoms with Gasteiger partial charge in [-0.1, -0.05) is 30.3 Å². The van der Waals surface area contributed by atoms with Crippen molar-refractivity contribution >= 4 is 21.6 Å². The smallest absolute Gasteiger partial charge is 0.298 e. The van der Waals surface area contributed by atoms with Crippen LogP contribution in [0.4, 0.5) is 0 Å². The minimum absolute atomic E-state index is 0.188. The lowest BCUT2D eigenvalue weighted by atomic mass is 10.1. The molecule has 0 radical (unpaired) electrons. The average Bonchev–Trinajstić information content (AvgIpc) is 2.74. The van der Waals surface area contributed by atoms with Gasteiger partial charge in [0.1, 0.15) is 4.83 Å². The molecule has 2 heterocycles. The number of hydrogen-bond donors (Lipinski definition) is 1. The van der Waals surface area contributed by atoms with E-state index in [1.165, 1.54) is 15.9 Å². The largest absolute Gasteiger partial charge is 0.329 e. The van der Waals surface area contributed by atoms with E-state index in [-0.39, 0.29) is 11.2 Å². The third-order valence-electron chi connectivity index (χ3n) is 3.78. The maximum Gasteiger partial charge on any atom is 0.329 e. The highest BCUT2D eigenvalue weighted by atomic mass is 32.1. The third kappa shape index (κ3) is 2.45. The van der Waals surface area contributed by atoms with Crippen LogP contribution in [-0.4, -0.2) is 9.55 Å². The molecule has 2 aromatic heterocycles. The number of benzene rings is 1. The first-order chi connectivity index (χ1) is 10.1. The van der Waals surface area contributed by atoms with Crippen LogP contribution in [0.5, 0.6) is 0 Å². The summed E-state index contributed by atoms with van der Waals surface area (Å²) < 4.78 is 1.30. The quantitative estimate of drug-likeness (QED) is 0.808. The molecule has 0 saturated carbocycles. The summed E-state index contributed by atoms with van der Waals surface area (Å²) in [5.41, 5.74) is 1.56. The van der Waals surface area contributed by atoms with Gasteiger partial charge in [0, 0.05) is 11.4 Å². The lowest BCUT2D eigenvalue weighted by Crippen LogP contribution is -2.35. The van der Waals surface area contributed by atoms with Crippen molar-refractivity contribution in [3.63, 3.8) is 0 Å². The number of hydrogen-bond acceptors (Lipinski definition) is 3. The Hall–Kier alpha value is -2.14. The van der Waals surface area contributed by atoms with E-state index in [9.17, 15) is 9.59 Å². The van der Waals surface area contributed by atoms with E-state index in [0.717, 1.165) is 16.0 Å². The average molecular weight is 300 g/mol. The van der Waals surface area contributed by atoms with Gasteiger partial charge < -0.3 is 0 Å². The van der Waals surface area contributed by atoms with Crippen molar-refractivity contribution < 1.29 is 0 Å². The summed E-state index contributed by atoms with van der Waals surface area (Å²) in [6, 6.07) is 9.86. The molecular weight excluding hydrogens is 284 g/mol. The monoisotopic (exact) mass is 300 g/mol. The number of nitrogens with one attached hydrogen (secondary N) is 1. The van der Waals surface area contributed by atoms with E-state index in [2.05, 4.69) is 4.98 Å². The molecule has 0 unspecified atom stereocenters. The van der Waals surface area contributed by atoms with Gasteiger partial charge in [0.25, 0.3) is 5.56 Å². The van der Waals surface area contributed by atoms with Crippen LogP contribution >= 0.6 is 11.3 Å². The minimum Gasteiger partial charge on any atom is -0.298 e. The van der Waals surface area contributed by atoms with E-state index < -0.39 is 0 Å². The van der Waals surface area contributed by atoms with Crippen molar-refractivity contribution in [1.29, 1.82) is 0 Å². The lowest BCUT2D eigenvalue weighted by molar-refractivity contribution is 0.636. The summed E-state index contributed by atoms with van der Waals surface area (Å²) in [4.78, 5) is 29.2. The van der Waals surface area contributed by atoms with Crippen LogP contribution in [0.3, 0.4) is 0 Å². The van der Waals surface area contributed by atoms with Crippen LogP contribution in [0.2, 0.25) is 0 Å². The summed E-state index contributed by atoms with van der Waals surface area (Å²) in [5.74, 6) is 0. The molecule has 1 aromatic carbocycles. The van der Waals surface area contributed by atoms with Crippen molar-refractivity contribution in [3.8, 4) is 0 Å². The van der Waals surface area contributed by atoms with Gasteiger partial charge in [-0.25, -0.2) is 4.79 Å². The van der Waals surface area contributed by atoms with Crippen molar-refractivity contribution in [2.75, 3.05) is 0 Å². The highest BCUT2D eigenvalue weighted by Gasteiger charge is 2.13. The Labute approximate surface area is 125 Å². The van der Waals surface area contributed by atoms with Crippen LogP contribution in [0.25, 0.3) is 10.2 Å². The minimum atomic E-state index is -0.329. The van der Waals surface area contributed by atoms with Crippen molar-refractivity contribution in [2.24, 2.45) is 0 Å². The highest BCUT2D eigenvalue weighted by molar-refractivity contribution is 7.18. The molecule has 0 aliphatic rings. The lowest BCUT2D eigenvalue weighted by Gasteiger charge is -2.05. The fraction of sp³-hybridized carbons (Fsp3) is 0.250. The summed E-state index contributed by atoms with van der Waals surface area (Å²) in [5, 5.41) is 0.644. The molecule has 0 atom stereocenters. The number of rotatable bonds is 3. The number of aryl methyl sites for hydroxylation is 3. The van der Waals surface area contributed by atoms with Crippen molar-refractivity contribution in [1.82, 2.24) is 9.55 Å². The van der Waals surface area contributed by atoms with Gasteiger partial charge in [0.2, 0.25) is 0 Å². The summed E-state index contributed by atoms with van der Waals surface area (Å²) in [6.45, 7) is 4.28. The van der Waals surface area contributed by atoms with Gasteiger partial charge in [0.15, 0.2) is 0 Å². The molecule has 3 aromatic rings. The van der Waals surface area contributed by atoms with E-state index in [1.54, 1.807) is 0 Å². The van der Waals surface area contributed by atoms with Gasteiger partial charge in [-0.05, 0) is 31.4 Å². The second kappa shape index (κ2) is 5.33. The van der Waals surface area contributed by atoms with Gasteiger partial charge in [-0.2, -0.15) is 0 Å². The second-order valence-electron chi connectivity index (χ2n) is 5.11. The highest BCUT2D eigenvalue weighted by Crippen LogP contribution is 2.24. The van der Waals surface area contributed by atoms with Crippen molar-refractivity contribution in [3.05, 3.63) is 67.2 Å². The topological polar surface area (TPSA) is 54.9 Å². The molecule has 0 saturated heterocycles. The molecule has 4 nitrogen and oxygen atoms in total. The van der Waals surface area contributed by atoms with Crippen LogP contribution in [0, 0.1) is 13.8 Å². The maximum atomic E-state index is 12.6. The standard InChI is InChI=1S/C16H16N2O2S/c1-10-11(2)21-14-13(10)15(19)18(16(20)17-14)9-8-12-6-4-3-5-7-12/h3-7H,8-9H2,1-2H3,(H,17,20). The molecular formula is C16H16N2O2S. The molecule has 108 valence electrons. The van der Waals surface area contributed by atoms with Crippen LogP contribution in [0.15, 0.2) is 39.9 Å². The molecule has 0 bridgehead atoms. The van der Waals surface area contributed by atoms with E-state index in [4.69, 9.17) is 0 Å². The zero-order chi connectivity index (χ0) is 15.0. The summed E-state index contributed by atoms with van der Waals surface area (Å²) in [6.07, 6.45) is 0.664. The van der Waals surface area contributed by atoms with E-state index in [1.807, 2.05) is 44.2 Å². The summed E-state index contributed by atoms with van der Waals surface area (Å²) >= 11 is 1.46. The first-order valence-electron chi connectivity index (χ1n) is 6.84. The Morgan fingerprint density at radius 2 is 1.86 bits per heavy atom. The Balaban J connectivity index is 2.05. The van der Waals surface area contributed by atoms with E-state index >= 15 is 0 Å². The fourth-order valence-electron chi connectivity index (χ4n) is 2.45. The maximum absolute atomic E-state index is 12.6. The molecule has 0 aliphatic carbocycles. The predicted octanol–water partition coefficient (Wildman–Crippen LogP) is 2.61. The van der Waals surface area contributed by atoms with Crippen LogP contribution < -0.4 is 11.2 Å². The number of thiophene rings is 1. The fourth-order valence-corrected chi connectivity index (χ4v) is 3.50. The van der Waals surface area contributed by atoms with Crippen LogP contribution in [0.1, 0.15) is 16.0 Å². The molecule has 5 heteroatoms. The second-order valence-corrected chi connectivity index (χ2v) is 6.33. The predicted molar refractivity (Wildman–Crippen MR) is 86.3 cm³/mol. The van der Waals surface area contributed by atoms with Crippen LogP contribution in [-0.2, 0) is 13.0 Å². The zero-order valence-corrected chi connectivity index (χ0v) is 12.8. The SMILES string of the molecule is Cc1sc2[nH]c(=O)n(CCc3ccccc3)c(=O)c2c1C. The number of nitrogens with zero attached hydrogens (tertiary/aromatic N) is 1. The van der Waals surface area contributed by atoms with Gasteiger partial charge in [-0.3, -0.25) is 14.3 Å². The number of H-pyrrole nitrogens is 1. The van der Waals surface area contributed by atoms with Gasteiger partial charge in [-0.15, -0.1) is 11.3 Å².